The number of rotatable bonds is 4. The molecule has 3 aromatic rings. The number of nitrogens with zero attached hydrogens (tertiary/aromatic N) is 3. The molecule has 1 fully saturated rings. The second kappa shape index (κ2) is 8.43. The third kappa shape index (κ3) is 3.99. The van der Waals surface area contributed by atoms with E-state index in [9.17, 15) is 24.5 Å². The van der Waals surface area contributed by atoms with Crippen LogP contribution in [0.15, 0.2) is 54.1 Å². The Labute approximate surface area is 195 Å². The fraction of sp³-hybridized carbons (Fsp3) is 0.160. The van der Waals surface area contributed by atoms with Gasteiger partial charge in [0.05, 0.1) is 16.3 Å². The van der Waals surface area contributed by atoms with Crippen molar-refractivity contribution in [3.8, 4) is 5.69 Å². The number of nitro groups is 1. The summed E-state index contributed by atoms with van der Waals surface area (Å²) < 4.78 is 1.80. The van der Waals surface area contributed by atoms with Crippen LogP contribution < -0.4 is 10.2 Å². The van der Waals surface area contributed by atoms with Gasteiger partial charge in [-0.1, -0.05) is 12.1 Å². The molecule has 0 saturated carbocycles. The molecule has 1 aliphatic rings. The van der Waals surface area contributed by atoms with E-state index < -0.39 is 22.8 Å². The zero-order valence-corrected chi connectivity index (χ0v) is 19.1. The maximum Gasteiger partial charge on any atom is 0.335 e. The van der Waals surface area contributed by atoms with Crippen LogP contribution in [-0.4, -0.2) is 27.3 Å². The Hall–Kier alpha value is -4.53. The minimum atomic E-state index is -0.806. The number of barbiturate groups is 1. The number of nitrogens with one attached hydrogen (secondary N) is 1. The molecule has 0 spiro atoms. The van der Waals surface area contributed by atoms with Crippen LogP contribution in [0.5, 0.6) is 0 Å². The molecule has 34 heavy (non-hydrogen) atoms. The van der Waals surface area contributed by atoms with Crippen LogP contribution >= 0.6 is 0 Å². The SMILES string of the molecule is Cc1cc(C)cc(N2C(=O)NC(=O)/C(=C\c3cc(C)n(-c4cccc([N+](=O)[O-])c4)c3C)C2=O)c1. The molecule has 1 N–H and O–H groups in total. The van der Waals surface area contributed by atoms with Crippen LogP contribution in [0.25, 0.3) is 11.8 Å². The number of aryl methyl sites for hydroxylation is 3. The summed E-state index contributed by atoms with van der Waals surface area (Å²) in [6.45, 7) is 7.32. The predicted molar refractivity (Wildman–Crippen MR) is 127 cm³/mol. The quantitative estimate of drug-likeness (QED) is 0.271. The molecule has 2 heterocycles. The summed E-state index contributed by atoms with van der Waals surface area (Å²) in [6.07, 6.45) is 1.44. The maximum absolute atomic E-state index is 13.3. The van der Waals surface area contributed by atoms with Crippen LogP contribution in [0.1, 0.15) is 28.1 Å². The molecule has 172 valence electrons. The van der Waals surface area contributed by atoms with Gasteiger partial charge >= 0.3 is 6.03 Å². The van der Waals surface area contributed by atoms with Crippen LogP contribution in [0.4, 0.5) is 16.2 Å². The van der Waals surface area contributed by atoms with Gasteiger partial charge < -0.3 is 4.57 Å². The van der Waals surface area contributed by atoms with Gasteiger partial charge in [0.25, 0.3) is 17.5 Å². The van der Waals surface area contributed by atoms with Crippen molar-refractivity contribution in [2.75, 3.05) is 4.90 Å². The minimum Gasteiger partial charge on any atom is -0.318 e. The fourth-order valence-corrected chi connectivity index (χ4v) is 4.20. The lowest BCUT2D eigenvalue weighted by Crippen LogP contribution is -2.54. The summed E-state index contributed by atoms with van der Waals surface area (Å²) in [5.41, 5.74) is 4.50. The molecular formula is C25H22N4O5. The zero-order chi connectivity index (χ0) is 24.7. The van der Waals surface area contributed by atoms with E-state index in [4.69, 9.17) is 0 Å². The van der Waals surface area contributed by atoms with Gasteiger partial charge in [-0.05, 0) is 74.7 Å². The van der Waals surface area contributed by atoms with Crippen molar-refractivity contribution < 1.29 is 19.3 Å². The molecule has 4 amide bonds. The van der Waals surface area contributed by atoms with Crippen LogP contribution in [0.2, 0.25) is 0 Å². The monoisotopic (exact) mass is 458 g/mol. The average molecular weight is 458 g/mol. The van der Waals surface area contributed by atoms with Gasteiger partial charge in [0.15, 0.2) is 0 Å². The van der Waals surface area contributed by atoms with Gasteiger partial charge in [-0.2, -0.15) is 0 Å². The summed E-state index contributed by atoms with van der Waals surface area (Å²) in [6, 6.07) is 12.5. The molecular weight excluding hydrogens is 436 g/mol. The number of anilines is 1. The molecule has 0 radical (unpaired) electrons. The third-order valence-corrected chi connectivity index (χ3v) is 5.64. The number of hydrogen-bond acceptors (Lipinski definition) is 5. The summed E-state index contributed by atoms with van der Waals surface area (Å²) in [7, 11) is 0. The van der Waals surface area contributed by atoms with Crippen molar-refractivity contribution in [2.24, 2.45) is 0 Å². The van der Waals surface area contributed by atoms with Gasteiger partial charge in [-0.15, -0.1) is 0 Å². The Kier molecular flexibility index (Phi) is 5.62. The lowest BCUT2D eigenvalue weighted by molar-refractivity contribution is -0.384. The molecule has 1 saturated heterocycles. The van der Waals surface area contributed by atoms with Crippen LogP contribution in [0.3, 0.4) is 0 Å². The first kappa shape index (κ1) is 22.7. The number of hydrogen-bond donors (Lipinski definition) is 1. The highest BCUT2D eigenvalue weighted by molar-refractivity contribution is 6.39. The van der Waals surface area contributed by atoms with E-state index in [-0.39, 0.29) is 11.3 Å². The van der Waals surface area contributed by atoms with Crippen LogP contribution in [-0.2, 0) is 9.59 Å². The van der Waals surface area contributed by atoms with E-state index in [0.717, 1.165) is 21.7 Å². The van der Waals surface area contributed by atoms with Crippen LogP contribution in [0, 0.1) is 37.8 Å². The summed E-state index contributed by atoms with van der Waals surface area (Å²) in [5.74, 6) is -1.50. The number of benzene rings is 2. The van der Waals surface area contributed by atoms with Gasteiger partial charge in [0, 0.05) is 23.5 Å². The molecule has 0 unspecified atom stereocenters. The number of amides is 4. The van der Waals surface area contributed by atoms with E-state index >= 15 is 0 Å². The van der Waals surface area contributed by atoms with E-state index in [1.807, 2.05) is 26.8 Å². The number of carbonyl (C=O) groups excluding carboxylic acids is 3. The maximum atomic E-state index is 13.3. The van der Waals surface area contributed by atoms with Gasteiger partial charge in [-0.3, -0.25) is 25.0 Å². The second-order valence-corrected chi connectivity index (χ2v) is 8.24. The topological polar surface area (TPSA) is 115 Å². The summed E-state index contributed by atoms with van der Waals surface area (Å²) in [4.78, 5) is 50.0. The Morgan fingerprint density at radius 1 is 0.912 bits per heavy atom. The molecule has 9 heteroatoms. The highest BCUT2D eigenvalue weighted by Gasteiger charge is 2.37. The highest BCUT2D eigenvalue weighted by Crippen LogP contribution is 2.28. The lowest BCUT2D eigenvalue weighted by Gasteiger charge is -2.27. The molecule has 0 aliphatic carbocycles. The lowest BCUT2D eigenvalue weighted by atomic mass is 10.1. The Morgan fingerprint density at radius 2 is 1.59 bits per heavy atom. The Balaban J connectivity index is 1.78. The first-order valence-corrected chi connectivity index (χ1v) is 10.5. The fourth-order valence-electron chi connectivity index (χ4n) is 4.20. The standard InChI is InChI=1S/C25H22N4O5/c1-14-8-15(2)10-21(9-14)28-24(31)22(23(30)26-25(28)32)12-18-11-16(3)27(17(18)4)19-6-5-7-20(13-19)29(33)34/h5-13H,1-4H3,(H,26,30,32)/b22-12+. The number of imide groups is 2. The van der Waals surface area contributed by atoms with Gasteiger partial charge in [0.1, 0.15) is 5.57 Å². The smallest absolute Gasteiger partial charge is 0.318 e. The first-order chi connectivity index (χ1) is 16.1. The highest BCUT2D eigenvalue weighted by atomic mass is 16.6. The molecule has 1 aliphatic heterocycles. The number of carbonyl (C=O) groups is 3. The minimum absolute atomic E-state index is 0.0469. The molecule has 0 atom stereocenters. The van der Waals surface area contributed by atoms with E-state index in [0.29, 0.717) is 22.6 Å². The Bertz CT molecular complexity index is 1400. The largest absolute Gasteiger partial charge is 0.335 e. The van der Waals surface area contributed by atoms with Crippen molar-refractivity contribution in [1.29, 1.82) is 0 Å². The summed E-state index contributed by atoms with van der Waals surface area (Å²) in [5, 5.41) is 13.4. The van der Waals surface area contributed by atoms with Crippen molar-refractivity contribution in [1.82, 2.24) is 9.88 Å². The van der Waals surface area contributed by atoms with E-state index in [2.05, 4.69) is 5.32 Å². The summed E-state index contributed by atoms with van der Waals surface area (Å²) >= 11 is 0. The second-order valence-electron chi connectivity index (χ2n) is 8.24. The normalized spacial score (nSPS) is 15.1. The zero-order valence-electron chi connectivity index (χ0n) is 19.1. The average Bonchev–Trinajstić information content (AvgIpc) is 3.03. The van der Waals surface area contributed by atoms with E-state index in [1.165, 1.54) is 18.2 Å². The molecule has 9 nitrogen and oxygen atoms in total. The molecule has 0 bridgehead atoms. The van der Waals surface area contributed by atoms with E-state index in [1.54, 1.807) is 41.8 Å². The van der Waals surface area contributed by atoms with Crippen molar-refractivity contribution >= 4 is 35.3 Å². The Morgan fingerprint density at radius 3 is 2.24 bits per heavy atom. The number of aromatic nitrogens is 1. The van der Waals surface area contributed by atoms with Gasteiger partial charge in [0.2, 0.25) is 0 Å². The first-order valence-electron chi connectivity index (χ1n) is 10.5. The van der Waals surface area contributed by atoms with Gasteiger partial charge in [-0.25, -0.2) is 9.69 Å². The number of urea groups is 1. The van der Waals surface area contributed by atoms with Crippen molar-refractivity contribution in [3.63, 3.8) is 0 Å². The van der Waals surface area contributed by atoms with Crippen molar-refractivity contribution in [3.05, 3.63) is 92.3 Å². The van der Waals surface area contributed by atoms with Crippen molar-refractivity contribution in [2.45, 2.75) is 27.7 Å². The predicted octanol–water partition coefficient (Wildman–Crippen LogP) is 4.29. The molecule has 4 rings (SSSR count). The third-order valence-electron chi connectivity index (χ3n) is 5.64. The number of nitro benzene ring substituents is 1. The number of non-ortho nitro benzene ring substituents is 1. The molecule has 1 aromatic heterocycles. The molecule has 2 aromatic carbocycles.